The number of carboxylic acids is 1. The fourth-order valence-corrected chi connectivity index (χ4v) is 4.27. The Balaban J connectivity index is 1.21. The SMILES string of the molecule is O=C(O)CCC(=O)c1ccc(C=CCCNC(=O)OCC2c3ccccc3-c3ccccc32)cc1. The van der Waals surface area contributed by atoms with Gasteiger partial charge in [0.1, 0.15) is 6.61 Å². The van der Waals surface area contributed by atoms with Gasteiger partial charge in [-0.25, -0.2) is 4.79 Å². The zero-order valence-corrected chi connectivity index (χ0v) is 19.3. The van der Waals surface area contributed by atoms with Crippen LogP contribution in [-0.2, 0) is 9.53 Å². The number of fused-ring (bicyclic) bond motifs is 3. The summed E-state index contributed by atoms with van der Waals surface area (Å²) in [6, 6.07) is 23.4. The van der Waals surface area contributed by atoms with Crippen molar-refractivity contribution in [3.05, 3.63) is 101 Å². The van der Waals surface area contributed by atoms with E-state index in [0.29, 0.717) is 18.5 Å². The van der Waals surface area contributed by atoms with E-state index in [1.54, 1.807) is 12.1 Å². The van der Waals surface area contributed by atoms with Crippen LogP contribution in [0.2, 0.25) is 0 Å². The van der Waals surface area contributed by atoms with Crippen molar-refractivity contribution < 1.29 is 24.2 Å². The lowest BCUT2D eigenvalue weighted by atomic mass is 9.98. The molecule has 0 aromatic heterocycles. The van der Waals surface area contributed by atoms with Crippen LogP contribution in [0.25, 0.3) is 17.2 Å². The number of hydrogen-bond donors (Lipinski definition) is 2. The molecule has 0 bridgehead atoms. The first-order valence-electron chi connectivity index (χ1n) is 11.6. The molecule has 2 N–H and O–H groups in total. The molecule has 0 saturated heterocycles. The van der Waals surface area contributed by atoms with Crippen molar-refractivity contribution in [2.45, 2.75) is 25.2 Å². The normalized spacial score (nSPS) is 12.2. The molecule has 0 heterocycles. The molecular weight excluding hydrogens is 442 g/mol. The van der Waals surface area contributed by atoms with Gasteiger partial charge < -0.3 is 15.2 Å². The van der Waals surface area contributed by atoms with Crippen LogP contribution in [0.3, 0.4) is 0 Å². The van der Waals surface area contributed by atoms with Gasteiger partial charge in [-0.05, 0) is 34.2 Å². The molecular formula is C29H27NO5. The Bertz CT molecular complexity index is 1200. The first-order chi connectivity index (χ1) is 17.0. The van der Waals surface area contributed by atoms with Gasteiger partial charge in [0.05, 0.1) is 6.42 Å². The molecule has 1 amide bonds. The largest absolute Gasteiger partial charge is 0.481 e. The van der Waals surface area contributed by atoms with Crippen LogP contribution in [0.1, 0.15) is 52.2 Å². The van der Waals surface area contributed by atoms with Gasteiger partial charge in [-0.15, -0.1) is 0 Å². The highest BCUT2D eigenvalue weighted by atomic mass is 16.5. The second-order valence-electron chi connectivity index (χ2n) is 8.38. The van der Waals surface area contributed by atoms with Crippen LogP contribution in [0.4, 0.5) is 4.79 Å². The van der Waals surface area contributed by atoms with Crippen LogP contribution in [-0.4, -0.2) is 36.1 Å². The lowest BCUT2D eigenvalue weighted by molar-refractivity contribution is -0.136. The fourth-order valence-electron chi connectivity index (χ4n) is 4.27. The average molecular weight is 470 g/mol. The third-order valence-electron chi connectivity index (χ3n) is 6.03. The Labute approximate surface area is 204 Å². The van der Waals surface area contributed by atoms with Gasteiger partial charge in [0.15, 0.2) is 5.78 Å². The maximum Gasteiger partial charge on any atom is 0.407 e. The summed E-state index contributed by atoms with van der Waals surface area (Å²) in [6.45, 7) is 0.728. The molecule has 1 aliphatic carbocycles. The summed E-state index contributed by atoms with van der Waals surface area (Å²) < 4.78 is 5.53. The van der Waals surface area contributed by atoms with E-state index in [9.17, 15) is 14.4 Å². The second-order valence-corrected chi connectivity index (χ2v) is 8.38. The molecule has 0 radical (unpaired) electrons. The lowest BCUT2D eigenvalue weighted by Gasteiger charge is -2.14. The maximum absolute atomic E-state index is 12.2. The molecule has 4 rings (SSSR count). The minimum Gasteiger partial charge on any atom is -0.481 e. The van der Waals surface area contributed by atoms with E-state index >= 15 is 0 Å². The van der Waals surface area contributed by atoms with E-state index in [1.807, 2.05) is 48.6 Å². The van der Waals surface area contributed by atoms with Gasteiger partial charge in [0.25, 0.3) is 0 Å². The summed E-state index contributed by atoms with van der Waals surface area (Å²) in [5.41, 5.74) is 6.17. The van der Waals surface area contributed by atoms with Crippen LogP contribution >= 0.6 is 0 Å². The van der Waals surface area contributed by atoms with Crippen LogP contribution in [0.15, 0.2) is 78.9 Å². The number of carboxylic acid groups (broad SMARTS) is 1. The summed E-state index contributed by atoms with van der Waals surface area (Å²) >= 11 is 0. The van der Waals surface area contributed by atoms with Crippen molar-refractivity contribution in [1.82, 2.24) is 5.32 Å². The fraction of sp³-hybridized carbons (Fsp3) is 0.207. The molecule has 0 spiro atoms. The minimum absolute atomic E-state index is 0.00788. The van der Waals surface area contributed by atoms with Gasteiger partial charge in [-0.1, -0.05) is 84.9 Å². The van der Waals surface area contributed by atoms with E-state index in [1.165, 1.54) is 22.3 Å². The molecule has 6 nitrogen and oxygen atoms in total. The molecule has 1 aliphatic rings. The predicted molar refractivity (Wildman–Crippen MR) is 134 cm³/mol. The Morgan fingerprint density at radius 2 is 1.49 bits per heavy atom. The van der Waals surface area contributed by atoms with E-state index < -0.39 is 12.1 Å². The molecule has 6 heteroatoms. The number of rotatable bonds is 10. The smallest absolute Gasteiger partial charge is 0.407 e. The number of ketones is 1. The number of aliphatic carboxylic acids is 1. The van der Waals surface area contributed by atoms with Crippen molar-refractivity contribution >= 4 is 23.9 Å². The predicted octanol–water partition coefficient (Wildman–Crippen LogP) is 5.68. The topological polar surface area (TPSA) is 92.7 Å². The van der Waals surface area contributed by atoms with Gasteiger partial charge >= 0.3 is 12.1 Å². The quantitative estimate of drug-likeness (QED) is 0.295. The molecule has 0 atom stereocenters. The molecule has 0 fully saturated rings. The van der Waals surface area contributed by atoms with Crippen molar-refractivity contribution in [3.8, 4) is 11.1 Å². The molecule has 178 valence electrons. The Morgan fingerprint density at radius 3 is 2.11 bits per heavy atom. The standard InChI is InChI=1S/C29H27NO5/c31-27(16-17-28(32)33)21-14-12-20(13-15-21)7-5-6-18-30-29(34)35-19-26-24-10-3-1-8-22(24)23-9-2-4-11-25(23)26/h1-5,7-15,26H,6,16-19H2,(H,30,34)(H,32,33). The molecule has 0 unspecified atom stereocenters. The first kappa shape index (κ1) is 24.0. The number of benzene rings is 3. The van der Waals surface area contributed by atoms with Gasteiger partial charge in [-0.2, -0.15) is 0 Å². The van der Waals surface area contributed by atoms with Crippen molar-refractivity contribution in [2.75, 3.05) is 13.2 Å². The number of Topliss-reactive ketones (excluding diaryl/α,β-unsaturated/α-hetero) is 1. The second kappa shape index (κ2) is 11.3. The zero-order chi connectivity index (χ0) is 24.6. The lowest BCUT2D eigenvalue weighted by Crippen LogP contribution is -2.26. The Morgan fingerprint density at radius 1 is 0.857 bits per heavy atom. The summed E-state index contributed by atoms with van der Waals surface area (Å²) in [5.74, 6) is -1.13. The molecule has 0 aliphatic heterocycles. The minimum atomic E-state index is -0.982. The summed E-state index contributed by atoms with van der Waals surface area (Å²) in [7, 11) is 0. The molecule has 0 saturated carbocycles. The summed E-state index contributed by atoms with van der Waals surface area (Å²) in [6.07, 6.45) is 3.85. The third-order valence-corrected chi connectivity index (χ3v) is 6.03. The maximum atomic E-state index is 12.2. The Kier molecular flexibility index (Phi) is 7.73. The van der Waals surface area contributed by atoms with E-state index in [4.69, 9.17) is 9.84 Å². The first-order valence-corrected chi connectivity index (χ1v) is 11.6. The van der Waals surface area contributed by atoms with Gasteiger partial charge in [0.2, 0.25) is 0 Å². The number of ether oxygens (including phenoxy) is 1. The van der Waals surface area contributed by atoms with E-state index in [-0.39, 0.29) is 31.1 Å². The Hall–Kier alpha value is -4.19. The van der Waals surface area contributed by atoms with Gasteiger partial charge in [-0.3, -0.25) is 9.59 Å². The average Bonchev–Trinajstić information content (AvgIpc) is 3.20. The number of hydrogen-bond acceptors (Lipinski definition) is 4. The van der Waals surface area contributed by atoms with Crippen molar-refractivity contribution in [2.24, 2.45) is 0 Å². The van der Waals surface area contributed by atoms with Crippen LogP contribution in [0, 0.1) is 0 Å². The summed E-state index contributed by atoms with van der Waals surface area (Å²) in [5, 5.41) is 11.5. The number of carbonyl (C=O) groups is 3. The van der Waals surface area contributed by atoms with Crippen LogP contribution < -0.4 is 5.32 Å². The highest BCUT2D eigenvalue weighted by molar-refractivity contribution is 5.97. The highest BCUT2D eigenvalue weighted by Crippen LogP contribution is 2.44. The van der Waals surface area contributed by atoms with Crippen LogP contribution in [0.5, 0.6) is 0 Å². The highest BCUT2D eigenvalue weighted by Gasteiger charge is 2.28. The molecule has 3 aromatic carbocycles. The van der Waals surface area contributed by atoms with Gasteiger partial charge in [0, 0.05) is 24.4 Å². The monoisotopic (exact) mass is 469 g/mol. The number of amides is 1. The number of alkyl carbamates (subject to hydrolysis) is 1. The van der Waals surface area contributed by atoms with Crippen molar-refractivity contribution in [3.63, 3.8) is 0 Å². The zero-order valence-electron chi connectivity index (χ0n) is 19.3. The van der Waals surface area contributed by atoms with E-state index in [0.717, 1.165) is 5.56 Å². The van der Waals surface area contributed by atoms with E-state index in [2.05, 4.69) is 29.6 Å². The van der Waals surface area contributed by atoms with Crippen molar-refractivity contribution in [1.29, 1.82) is 0 Å². The summed E-state index contributed by atoms with van der Waals surface area (Å²) in [4.78, 5) is 34.8. The third kappa shape index (κ3) is 6.03. The number of carbonyl (C=O) groups excluding carboxylic acids is 2. The molecule has 35 heavy (non-hydrogen) atoms. The molecule has 3 aromatic rings. The number of nitrogens with one attached hydrogen (secondary N) is 1.